The van der Waals surface area contributed by atoms with Crippen LogP contribution in [0.2, 0.25) is 0 Å². The molecule has 1 rings (SSSR count). The van der Waals surface area contributed by atoms with Gasteiger partial charge in [-0.25, -0.2) is 0 Å². The van der Waals surface area contributed by atoms with Crippen molar-refractivity contribution in [2.75, 3.05) is 33.3 Å². The van der Waals surface area contributed by atoms with Crippen molar-refractivity contribution in [2.45, 2.75) is 110 Å². The van der Waals surface area contributed by atoms with Gasteiger partial charge in [0.2, 0.25) is 0 Å². The van der Waals surface area contributed by atoms with Crippen LogP contribution in [-0.4, -0.2) is 48.8 Å². The van der Waals surface area contributed by atoms with Crippen LogP contribution >= 0.6 is 12.4 Å². The van der Waals surface area contributed by atoms with Crippen molar-refractivity contribution >= 4 is 18.3 Å². The fourth-order valence-corrected chi connectivity index (χ4v) is 4.62. The molecule has 1 atom stereocenters. The molecule has 0 amide bonds. The SMILES string of the molecule is CCCCCCCC/C=C/CCCCCCCC([O-])=NCCC[N+](C)(CCO)Cc1ccccc1.Cl. The van der Waals surface area contributed by atoms with E-state index in [1.807, 2.05) is 6.07 Å². The van der Waals surface area contributed by atoms with E-state index in [9.17, 15) is 10.2 Å². The van der Waals surface area contributed by atoms with Crippen LogP contribution in [0.5, 0.6) is 0 Å². The Labute approximate surface area is 228 Å². The molecular weight excluding hydrogens is 468 g/mol. The van der Waals surface area contributed by atoms with Crippen LogP contribution in [0, 0.1) is 0 Å². The summed E-state index contributed by atoms with van der Waals surface area (Å²) in [5, 5.41) is 21.6. The average Bonchev–Trinajstić information content (AvgIpc) is 2.85. The molecule has 0 spiro atoms. The summed E-state index contributed by atoms with van der Waals surface area (Å²) >= 11 is 0. The minimum atomic E-state index is 0. The van der Waals surface area contributed by atoms with Crippen LogP contribution < -0.4 is 5.11 Å². The lowest BCUT2D eigenvalue weighted by atomic mass is 10.1. The summed E-state index contributed by atoms with van der Waals surface area (Å²) < 4.78 is 0.776. The third-order valence-electron chi connectivity index (χ3n) is 6.84. The van der Waals surface area contributed by atoms with Crippen molar-refractivity contribution in [1.29, 1.82) is 0 Å². The number of allylic oxidation sites excluding steroid dienone is 2. The number of aliphatic hydroxyl groups is 1. The number of likely N-dealkylation sites (N-methyl/N-ethyl adjacent to an activating group) is 1. The number of nitrogens with zero attached hydrogens (tertiary/aromatic N) is 2. The average molecular weight is 523 g/mol. The summed E-state index contributed by atoms with van der Waals surface area (Å²) in [4.78, 5) is 4.28. The second kappa shape index (κ2) is 24.0. The number of quaternary nitrogens is 1. The van der Waals surface area contributed by atoms with Gasteiger partial charge in [-0.05, 0) is 44.4 Å². The fourth-order valence-electron chi connectivity index (χ4n) is 4.62. The Bertz CT molecular complexity index is 666. The maximum absolute atomic E-state index is 12.1. The number of benzene rings is 1. The molecule has 0 heterocycles. The largest absolute Gasteiger partial charge is 0.862 e. The normalized spacial score (nSPS) is 13.6. The van der Waals surface area contributed by atoms with Crippen LogP contribution in [0.3, 0.4) is 0 Å². The summed E-state index contributed by atoms with van der Waals surface area (Å²) in [6.07, 6.45) is 22.7. The van der Waals surface area contributed by atoms with Crippen LogP contribution in [-0.2, 0) is 6.54 Å². The molecule has 1 N–H and O–H groups in total. The van der Waals surface area contributed by atoms with Gasteiger partial charge in [0, 0.05) is 18.5 Å². The molecule has 4 nitrogen and oxygen atoms in total. The summed E-state index contributed by atoms with van der Waals surface area (Å²) in [7, 11) is 2.18. The van der Waals surface area contributed by atoms with Crippen LogP contribution in [0.25, 0.3) is 0 Å². The number of aliphatic hydroxyl groups excluding tert-OH is 1. The first-order valence-corrected chi connectivity index (χ1v) is 14.4. The predicted octanol–water partition coefficient (Wildman–Crippen LogP) is 7.23. The standard InChI is InChI=1S/C31H54N2O2.ClH/c1-3-4-5-6-7-8-9-10-11-12-13-14-15-16-20-24-31(35)32-25-21-26-33(2,27-28-34)29-30-22-18-17-19-23-30;/h10-11,17-19,22-23,34H,3-9,12-16,20-21,24-29H2,1-2H3;1H/b11-10+;. The van der Waals surface area contributed by atoms with Crippen LogP contribution in [0.4, 0.5) is 0 Å². The Kier molecular flexibility index (Phi) is 23.1. The van der Waals surface area contributed by atoms with E-state index < -0.39 is 0 Å². The zero-order valence-corrected chi connectivity index (χ0v) is 24.2. The van der Waals surface area contributed by atoms with Crippen molar-refractivity contribution in [3.8, 4) is 0 Å². The minimum Gasteiger partial charge on any atom is -0.862 e. The van der Waals surface area contributed by atoms with Gasteiger partial charge < -0.3 is 19.7 Å². The zero-order chi connectivity index (χ0) is 25.5. The Morgan fingerprint density at radius 2 is 1.42 bits per heavy atom. The molecule has 0 saturated carbocycles. The number of hydrogen-bond acceptors (Lipinski definition) is 3. The van der Waals surface area contributed by atoms with Crippen molar-refractivity contribution in [1.82, 2.24) is 0 Å². The number of hydrogen-bond donors (Lipinski definition) is 1. The Balaban J connectivity index is 0.0000122. The fraction of sp³-hybridized carbons (Fsp3) is 0.710. The molecular formula is C31H55ClN2O2. The first-order chi connectivity index (χ1) is 17.1. The molecule has 1 unspecified atom stereocenters. The Morgan fingerprint density at radius 1 is 0.833 bits per heavy atom. The maximum Gasteiger partial charge on any atom is 0.104 e. The Morgan fingerprint density at radius 3 is 2.03 bits per heavy atom. The molecule has 0 saturated heterocycles. The third-order valence-corrected chi connectivity index (χ3v) is 6.84. The van der Waals surface area contributed by atoms with E-state index in [1.165, 1.54) is 76.2 Å². The molecule has 36 heavy (non-hydrogen) atoms. The highest BCUT2D eigenvalue weighted by molar-refractivity contribution is 5.85. The van der Waals surface area contributed by atoms with Gasteiger partial charge in [0.25, 0.3) is 0 Å². The van der Waals surface area contributed by atoms with E-state index in [0.29, 0.717) is 13.0 Å². The zero-order valence-electron chi connectivity index (χ0n) is 23.3. The highest BCUT2D eigenvalue weighted by Crippen LogP contribution is 2.13. The number of aliphatic imine (C=N–C) groups is 1. The van der Waals surface area contributed by atoms with E-state index in [-0.39, 0.29) is 24.9 Å². The topological polar surface area (TPSA) is 55.7 Å². The minimum absolute atomic E-state index is 0. The highest BCUT2D eigenvalue weighted by Gasteiger charge is 2.20. The lowest BCUT2D eigenvalue weighted by molar-refractivity contribution is -0.922. The van der Waals surface area contributed by atoms with Gasteiger partial charge in [-0.1, -0.05) is 101 Å². The molecule has 1 aromatic rings. The first-order valence-electron chi connectivity index (χ1n) is 14.4. The number of unbranched alkanes of at least 4 members (excludes halogenated alkanes) is 11. The summed E-state index contributed by atoms with van der Waals surface area (Å²) in [5.74, 6) is 0.0575. The molecule has 0 aliphatic rings. The molecule has 5 heteroatoms. The van der Waals surface area contributed by atoms with Gasteiger partial charge in [0.15, 0.2) is 0 Å². The van der Waals surface area contributed by atoms with Gasteiger partial charge in [-0.2, -0.15) is 0 Å². The van der Waals surface area contributed by atoms with Gasteiger partial charge >= 0.3 is 0 Å². The molecule has 0 aromatic heterocycles. The van der Waals surface area contributed by atoms with E-state index in [1.54, 1.807) is 0 Å². The second-order valence-electron chi connectivity index (χ2n) is 10.4. The van der Waals surface area contributed by atoms with E-state index in [0.717, 1.165) is 43.4 Å². The van der Waals surface area contributed by atoms with Gasteiger partial charge in [0.1, 0.15) is 13.1 Å². The van der Waals surface area contributed by atoms with Gasteiger partial charge in [-0.15, -0.1) is 12.4 Å². The molecule has 208 valence electrons. The number of rotatable bonds is 23. The lowest BCUT2D eigenvalue weighted by Crippen LogP contribution is -2.46. The summed E-state index contributed by atoms with van der Waals surface area (Å²) in [6.45, 7) is 5.57. The summed E-state index contributed by atoms with van der Waals surface area (Å²) in [6, 6.07) is 10.4. The van der Waals surface area contributed by atoms with Crippen molar-refractivity contribution in [3.63, 3.8) is 0 Å². The lowest BCUT2D eigenvalue weighted by Gasteiger charge is -2.34. The molecule has 0 fully saturated rings. The third kappa shape index (κ3) is 19.8. The molecule has 0 bridgehead atoms. The van der Waals surface area contributed by atoms with E-state index in [4.69, 9.17) is 0 Å². The van der Waals surface area contributed by atoms with Crippen molar-refractivity contribution in [3.05, 3.63) is 48.0 Å². The summed E-state index contributed by atoms with van der Waals surface area (Å²) in [5.41, 5.74) is 1.28. The van der Waals surface area contributed by atoms with Crippen molar-refractivity contribution < 1.29 is 14.7 Å². The Hall–Kier alpha value is -1.36. The van der Waals surface area contributed by atoms with Crippen LogP contribution in [0.15, 0.2) is 47.5 Å². The molecule has 0 aliphatic carbocycles. The molecule has 0 radical (unpaired) electrons. The van der Waals surface area contributed by atoms with Gasteiger partial charge in [0.05, 0.1) is 20.2 Å². The smallest absolute Gasteiger partial charge is 0.104 e. The first kappa shape index (κ1) is 34.6. The van der Waals surface area contributed by atoms with Crippen molar-refractivity contribution in [2.24, 2.45) is 4.99 Å². The van der Waals surface area contributed by atoms with Gasteiger partial charge in [-0.3, -0.25) is 0 Å². The van der Waals surface area contributed by atoms with E-state index >= 15 is 0 Å². The molecule has 0 aliphatic heterocycles. The quantitative estimate of drug-likeness (QED) is 0.0541. The predicted molar refractivity (Wildman–Crippen MR) is 157 cm³/mol. The highest BCUT2D eigenvalue weighted by atomic mass is 35.5. The second-order valence-corrected chi connectivity index (χ2v) is 10.4. The van der Waals surface area contributed by atoms with Crippen LogP contribution in [0.1, 0.15) is 109 Å². The number of halogens is 1. The maximum atomic E-state index is 12.1. The van der Waals surface area contributed by atoms with E-state index in [2.05, 4.69) is 55.4 Å². The molecule has 1 aromatic carbocycles. The monoisotopic (exact) mass is 522 g/mol.